The van der Waals surface area contributed by atoms with Crippen LogP contribution in [0.3, 0.4) is 0 Å². The molecule has 0 atom stereocenters. The number of hydrogen-bond donors (Lipinski definition) is 0. The topological polar surface area (TPSA) is 25.8 Å². The fourth-order valence-electron chi connectivity index (χ4n) is 6.79. The maximum atomic E-state index is 9.45. The van der Waals surface area contributed by atoms with Crippen LogP contribution in [0.25, 0.3) is 44.8 Å². The van der Waals surface area contributed by atoms with Crippen molar-refractivity contribution in [2.75, 3.05) is 0 Å². The molecule has 9 rings (SSSR count). The Morgan fingerprint density at radius 3 is 1.74 bits per heavy atom. The molecule has 0 N–H and O–H groups in total. The number of aryl methyl sites for hydroxylation is 5. The van der Waals surface area contributed by atoms with Gasteiger partial charge in [-0.05, 0) is 141 Å². The van der Waals surface area contributed by atoms with Crippen LogP contribution in [0.1, 0.15) is 111 Å². The molecule has 0 bridgehead atoms. The van der Waals surface area contributed by atoms with Crippen molar-refractivity contribution in [3.63, 3.8) is 0 Å². The van der Waals surface area contributed by atoms with E-state index in [0.29, 0.717) is 27.9 Å². The van der Waals surface area contributed by atoms with Crippen molar-refractivity contribution in [2.24, 2.45) is 10.8 Å². The van der Waals surface area contributed by atoms with E-state index in [1.807, 2.05) is 0 Å². The normalized spacial score (nSPS) is 24.8. The van der Waals surface area contributed by atoms with E-state index in [-0.39, 0.29) is 92.6 Å². The molecular weight excluding hydrogens is 881 g/mol. The van der Waals surface area contributed by atoms with Crippen LogP contribution in [-0.2, 0) is 52.0 Å². The number of nitrogens with zero attached hydrogens (tertiary/aromatic N) is 2. The summed E-state index contributed by atoms with van der Waals surface area (Å²) in [5.41, 5.74) is -3.40. The van der Waals surface area contributed by atoms with E-state index in [0.717, 1.165) is 6.20 Å². The van der Waals surface area contributed by atoms with Crippen molar-refractivity contribution in [3.05, 3.63) is 189 Å². The van der Waals surface area contributed by atoms with E-state index in [1.54, 1.807) is 32.9 Å². The molecular formula is C55H54IrN2-2. The van der Waals surface area contributed by atoms with E-state index in [1.165, 1.54) is 103 Å². The van der Waals surface area contributed by atoms with Crippen molar-refractivity contribution < 1.29 is 54.4 Å². The van der Waals surface area contributed by atoms with E-state index in [4.69, 9.17) is 23.3 Å². The number of hydrogen-bond acceptors (Lipinski definition) is 2. The third-order valence-corrected chi connectivity index (χ3v) is 9.38. The minimum absolute atomic E-state index is 0. The molecule has 1 spiro atoms. The van der Waals surface area contributed by atoms with Gasteiger partial charge in [-0.1, -0.05) is 107 Å². The Labute approximate surface area is 395 Å². The Balaban J connectivity index is 0.000000250. The Bertz CT molecular complexity index is 3520. The fraction of sp³-hybridized carbons (Fsp3) is 0.273. The maximum absolute atomic E-state index is 9.45. The van der Waals surface area contributed by atoms with Gasteiger partial charge in [0, 0.05) is 66.8 Å². The standard InChI is InChI=1S/C34H34N.C21H20N.Ir/c1-23-9-11-24(12-10-23)32-16-31(30(22-35-32)17-33(2,3)4)25-13-14-28-20-34(21-29(28)15-25)18-26-7-5-6-8-27(26)19-34;1-14-8-10-18(11-9-14)20-12-19(17(4)13-22-20)21-15(2)6-5-7-16(21)3;/h5-11,13-16,22H,17-21H2,1-4H3;5-10,12-13H,1-4H3;/q2*-1;/i1D3,17D2,18D2,19D2,20D2,21D2;1D3,2D3,3D3,4D3;. The second kappa shape index (κ2) is 16.7. The Kier molecular flexibility index (Phi) is 5.87. The number of benzene rings is 5. The summed E-state index contributed by atoms with van der Waals surface area (Å²) in [6.45, 7) is -7.65. The summed E-state index contributed by atoms with van der Waals surface area (Å²) in [6, 6.07) is 30.9. The first-order valence-corrected chi connectivity index (χ1v) is 18.2. The molecule has 2 nitrogen and oxygen atoms in total. The van der Waals surface area contributed by atoms with E-state index < -0.39 is 77.0 Å². The van der Waals surface area contributed by atoms with Gasteiger partial charge in [-0.3, -0.25) is 0 Å². The van der Waals surface area contributed by atoms with Crippen LogP contribution >= 0.6 is 0 Å². The summed E-state index contributed by atoms with van der Waals surface area (Å²) >= 11 is 0. The summed E-state index contributed by atoms with van der Waals surface area (Å²) in [5, 5.41) is 0. The van der Waals surface area contributed by atoms with Gasteiger partial charge in [0.15, 0.2) is 0 Å². The van der Waals surface area contributed by atoms with Crippen LogP contribution in [0.4, 0.5) is 0 Å². The summed E-state index contributed by atoms with van der Waals surface area (Å²) in [6.07, 6.45) is -10.8. The molecule has 295 valence electrons. The van der Waals surface area contributed by atoms with Crippen LogP contribution in [0.15, 0.2) is 122 Å². The SMILES string of the molecule is [2H]C([2H])([2H])c1c[c-]c(-c2cc(-c3c(C([2H])([2H])[2H])cccc3C([2H])([2H])[2H])c(C([2H])([2H])[2H])cn2)cc1.[2H]C([2H])([2H])c1c[c-]c(-c2cc(-c3ccc4c(c3)C([2H])([2H])C3(C([2H])([2H])c5ccccc5C3([2H])[2H])C4([2H])[2H])c(C([2H])([2H])C(C)(C)C)cn2)cc1.[Ir]. The first-order valence-electron chi connectivity index (χ1n) is 30.7. The van der Waals surface area contributed by atoms with Gasteiger partial charge in [-0.15, -0.1) is 70.8 Å². The van der Waals surface area contributed by atoms with Gasteiger partial charge in [-0.2, -0.15) is 0 Å². The number of rotatable bonds is 5. The Hall–Kier alpha value is -4.95. The predicted octanol–water partition coefficient (Wildman–Crippen LogP) is 13.4. The molecule has 0 saturated carbocycles. The molecule has 0 aliphatic heterocycles. The molecule has 7 aromatic rings. The van der Waals surface area contributed by atoms with Crippen LogP contribution in [0.5, 0.6) is 0 Å². The zero-order chi connectivity index (χ0) is 61.4. The number of aromatic nitrogens is 2. The van der Waals surface area contributed by atoms with Crippen molar-refractivity contribution in [1.82, 2.24) is 9.97 Å². The Morgan fingerprint density at radius 1 is 0.621 bits per heavy atom. The minimum Gasteiger partial charge on any atom is -0.304 e. The molecule has 1 radical (unpaired) electrons. The van der Waals surface area contributed by atoms with Crippen LogP contribution in [0, 0.1) is 57.2 Å². The zero-order valence-electron chi connectivity index (χ0n) is 56.8. The average Bonchev–Trinajstić information content (AvgIpc) is 1.82. The van der Waals surface area contributed by atoms with E-state index >= 15 is 0 Å². The third kappa shape index (κ3) is 8.87. The van der Waals surface area contributed by atoms with Crippen molar-refractivity contribution >= 4 is 0 Å². The largest absolute Gasteiger partial charge is 0.304 e. The Morgan fingerprint density at radius 2 is 1.19 bits per heavy atom. The van der Waals surface area contributed by atoms with Crippen LogP contribution in [-0.4, -0.2) is 9.97 Å². The third-order valence-electron chi connectivity index (χ3n) is 9.38. The average molecular weight is 960 g/mol. The second-order valence-corrected chi connectivity index (χ2v) is 14.9. The first kappa shape index (κ1) is 20.3. The molecule has 2 aromatic heterocycles. The summed E-state index contributed by atoms with van der Waals surface area (Å²) in [5.74, 6) is 0. The second-order valence-electron chi connectivity index (χ2n) is 14.9. The molecule has 2 aliphatic carbocycles. The smallest absolute Gasteiger partial charge is 0.0322 e. The first-order chi connectivity index (χ1) is 37.3. The number of fused-ring (bicyclic) bond motifs is 2. The minimum atomic E-state index is -2.88. The molecule has 5 aromatic carbocycles. The van der Waals surface area contributed by atoms with Gasteiger partial charge in [-0.25, -0.2) is 0 Å². The van der Waals surface area contributed by atoms with E-state index in [9.17, 15) is 11.0 Å². The molecule has 3 heteroatoms. The summed E-state index contributed by atoms with van der Waals surface area (Å²) in [7, 11) is 0. The zero-order valence-corrected chi connectivity index (χ0v) is 34.2. The van der Waals surface area contributed by atoms with Gasteiger partial charge >= 0.3 is 0 Å². The van der Waals surface area contributed by atoms with Crippen LogP contribution in [0.2, 0.25) is 0 Å². The quantitative estimate of drug-likeness (QED) is 0.161. The van der Waals surface area contributed by atoms with Gasteiger partial charge in [0.1, 0.15) is 0 Å². The molecule has 2 heterocycles. The van der Waals surface area contributed by atoms with Gasteiger partial charge < -0.3 is 9.97 Å². The maximum Gasteiger partial charge on any atom is 0.0322 e. The van der Waals surface area contributed by atoms with E-state index in [2.05, 4.69) is 22.1 Å². The molecule has 0 fully saturated rings. The van der Waals surface area contributed by atoms with Crippen molar-refractivity contribution in [2.45, 2.75) is 86.9 Å². The molecule has 2 aliphatic rings. The molecule has 58 heavy (non-hydrogen) atoms. The predicted molar refractivity (Wildman–Crippen MR) is 238 cm³/mol. The fourth-order valence-corrected chi connectivity index (χ4v) is 6.79. The molecule has 0 amide bonds. The van der Waals surface area contributed by atoms with Crippen molar-refractivity contribution in [1.29, 1.82) is 0 Å². The molecule has 0 saturated heterocycles. The summed E-state index contributed by atoms with van der Waals surface area (Å²) < 4.78 is 209. The van der Waals surface area contributed by atoms with Gasteiger partial charge in [0.05, 0.1) is 0 Å². The van der Waals surface area contributed by atoms with Crippen LogP contribution < -0.4 is 0 Å². The monoisotopic (exact) mass is 961 g/mol. The van der Waals surface area contributed by atoms with Gasteiger partial charge in [0.25, 0.3) is 0 Å². The molecule has 0 unspecified atom stereocenters. The van der Waals surface area contributed by atoms with Crippen molar-refractivity contribution in [3.8, 4) is 44.8 Å². The number of pyridine rings is 2. The van der Waals surface area contributed by atoms with Gasteiger partial charge in [0.2, 0.25) is 0 Å². The summed E-state index contributed by atoms with van der Waals surface area (Å²) in [4.78, 5) is 8.67.